The molecule has 0 bridgehead atoms. The van der Waals surface area contributed by atoms with Crippen molar-refractivity contribution >= 4 is 28.7 Å². The first-order valence-electron chi connectivity index (χ1n) is 12.4. The highest BCUT2D eigenvalue weighted by Crippen LogP contribution is 2.36. The van der Waals surface area contributed by atoms with Crippen LogP contribution in [0.25, 0.3) is 11.3 Å². The van der Waals surface area contributed by atoms with Crippen LogP contribution in [0.1, 0.15) is 38.3 Å². The Morgan fingerprint density at radius 2 is 1.95 bits per heavy atom. The number of carbonyl (C=O) groups excluding carboxylic acids is 1. The third kappa shape index (κ3) is 5.75. The number of rotatable bonds is 9. The smallest absolute Gasteiger partial charge is 0.237 e. The summed E-state index contributed by atoms with van der Waals surface area (Å²) >= 11 is 0. The first kappa shape index (κ1) is 25.2. The number of aromatic nitrogens is 5. The second-order valence-electron chi connectivity index (χ2n) is 9.31. The summed E-state index contributed by atoms with van der Waals surface area (Å²) in [6.45, 7) is 3.88. The number of ether oxygens (including phenoxy) is 1. The lowest BCUT2D eigenvalue weighted by Crippen LogP contribution is -2.49. The van der Waals surface area contributed by atoms with Crippen molar-refractivity contribution in [3.8, 4) is 17.1 Å². The molecule has 2 fully saturated rings. The summed E-state index contributed by atoms with van der Waals surface area (Å²) in [6.07, 6.45) is 9.53. The van der Waals surface area contributed by atoms with Crippen LogP contribution < -0.4 is 14.8 Å². The van der Waals surface area contributed by atoms with Crippen LogP contribution in [-0.2, 0) is 21.2 Å². The molecule has 1 aliphatic carbocycles. The van der Waals surface area contributed by atoms with Gasteiger partial charge in [-0.3, -0.25) is 14.5 Å². The molecule has 0 spiro atoms. The van der Waals surface area contributed by atoms with Gasteiger partial charge in [-0.1, -0.05) is 0 Å². The molecule has 11 nitrogen and oxygen atoms in total. The van der Waals surface area contributed by atoms with E-state index in [1.54, 1.807) is 36.9 Å². The molecule has 1 unspecified atom stereocenters. The summed E-state index contributed by atoms with van der Waals surface area (Å²) < 4.78 is 20.7. The molecule has 1 aliphatic heterocycles. The maximum Gasteiger partial charge on any atom is 0.237 e. The second kappa shape index (κ2) is 10.9. The topological polar surface area (TPSA) is 135 Å². The molecule has 4 heterocycles. The molecule has 3 aromatic heterocycles. The Kier molecular flexibility index (Phi) is 7.38. The minimum absolute atomic E-state index is 0.148. The van der Waals surface area contributed by atoms with Crippen molar-refractivity contribution in [2.45, 2.75) is 43.3 Å². The van der Waals surface area contributed by atoms with Crippen LogP contribution in [0.4, 0.5) is 11.8 Å². The van der Waals surface area contributed by atoms with Crippen molar-refractivity contribution in [1.82, 2.24) is 29.8 Å². The van der Waals surface area contributed by atoms with Gasteiger partial charge in [-0.05, 0) is 70.9 Å². The van der Waals surface area contributed by atoms with Crippen molar-refractivity contribution in [2.24, 2.45) is 0 Å². The van der Waals surface area contributed by atoms with Gasteiger partial charge >= 0.3 is 0 Å². The summed E-state index contributed by atoms with van der Waals surface area (Å²) in [7, 11) is 0.820. The van der Waals surface area contributed by atoms with Gasteiger partial charge < -0.3 is 15.0 Å². The van der Waals surface area contributed by atoms with Crippen molar-refractivity contribution in [2.75, 3.05) is 36.8 Å². The third-order valence-electron chi connectivity index (χ3n) is 6.65. The molecular formula is C25H30N8O3S. The van der Waals surface area contributed by atoms with Crippen LogP contribution in [0.2, 0.25) is 0 Å². The molecule has 194 valence electrons. The van der Waals surface area contributed by atoms with Gasteiger partial charge in [0.15, 0.2) is 0 Å². The predicted molar refractivity (Wildman–Crippen MR) is 140 cm³/mol. The number of hydrogen-bond donors (Lipinski definition) is 2. The van der Waals surface area contributed by atoms with Gasteiger partial charge in [0.05, 0.1) is 41.1 Å². The van der Waals surface area contributed by atoms with Gasteiger partial charge in [-0.2, -0.15) is 0 Å². The van der Waals surface area contributed by atoms with Crippen molar-refractivity contribution < 1.29 is 13.7 Å². The number of likely N-dealkylation sites (tertiary alicyclic amines) is 1. The van der Waals surface area contributed by atoms with Gasteiger partial charge in [-0.15, -0.1) is 0 Å². The Morgan fingerprint density at radius 1 is 1.14 bits per heavy atom. The highest BCUT2D eigenvalue weighted by atomic mass is 32.2. The van der Waals surface area contributed by atoms with E-state index in [-0.39, 0.29) is 17.1 Å². The first-order chi connectivity index (χ1) is 18.0. The normalized spacial score (nSPS) is 18.1. The van der Waals surface area contributed by atoms with E-state index in [0.717, 1.165) is 31.5 Å². The zero-order valence-electron chi connectivity index (χ0n) is 20.9. The quantitative estimate of drug-likeness (QED) is 0.435. The molecule has 12 heteroatoms. The molecular weight excluding hydrogens is 492 g/mol. The van der Waals surface area contributed by atoms with Gasteiger partial charge in [-0.25, -0.2) is 24.1 Å². The van der Waals surface area contributed by atoms with Gasteiger partial charge in [0.1, 0.15) is 16.8 Å². The van der Waals surface area contributed by atoms with Crippen LogP contribution in [0.15, 0.2) is 43.0 Å². The third-order valence-corrected chi connectivity index (χ3v) is 8.11. The largest absolute Gasteiger partial charge is 0.477 e. The molecule has 1 saturated heterocycles. The van der Waals surface area contributed by atoms with E-state index in [1.165, 1.54) is 0 Å². The van der Waals surface area contributed by atoms with Crippen LogP contribution >= 0.6 is 0 Å². The summed E-state index contributed by atoms with van der Waals surface area (Å²) in [5, 5.41) is 3.14. The van der Waals surface area contributed by atoms with E-state index in [9.17, 15) is 9.00 Å². The summed E-state index contributed by atoms with van der Waals surface area (Å²) in [5.41, 5.74) is 1.15. The number of amides is 1. The van der Waals surface area contributed by atoms with Gasteiger partial charge in [0.2, 0.25) is 17.7 Å². The minimum Gasteiger partial charge on any atom is -0.477 e. The maximum atomic E-state index is 13.8. The van der Waals surface area contributed by atoms with Crippen LogP contribution in [0, 0.1) is 0 Å². The highest BCUT2D eigenvalue weighted by Gasteiger charge is 2.44. The Labute approximate surface area is 218 Å². The average molecular weight is 523 g/mol. The molecule has 5 rings (SSSR count). The predicted octanol–water partition coefficient (Wildman–Crippen LogP) is 2.57. The monoisotopic (exact) mass is 522 g/mol. The SMILES string of the molecule is CCOc1cncc(-c2ccc(NC(=O)C3(c4ccnc(NS(=O)C5CC5)n4)CCN(C)CC3)nc2)n1. The molecule has 3 aromatic rings. The second-order valence-corrected chi connectivity index (χ2v) is 10.8. The Morgan fingerprint density at radius 3 is 2.65 bits per heavy atom. The fourth-order valence-electron chi connectivity index (χ4n) is 4.29. The van der Waals surface area contributed by atoms with Gasteiger partial charge in [0, 0.05) is 18.0 Å². The molecule has 0 aromatic carbocycles. The first-order valence-corrected chi connectivity index (χ1v) is 13.6. The fraction of sp³-hybridized carbons (Fsp3) is 0.440. The Bertz CT molecular complexity index is 1280. The molecule has 37 heavy (non-hydrogen) atoms. The van der Waals surface area contributed by atoms with E-state index in [0.29, 0.717) is 42.5 Å². The maximum absolute atomic E-state index is 13.8. The molecule has 1 saturated carbocycles. The lowest BCUT2D eigenvalue weighted by atomic mass is 9.74. The Hall–Kier alpha value is -3.51. The number of nitrogens with zero attached hydrogens (tertiary/aromatic N) is 6. The zero-order valence-corrected chi connectivity index (χ0v) is 21.7. The molecule has 1 atom stereocenters. The van der Waals surface area contributed by atoms with E-state index in [4.69, 9.17) is 4.74 Å². The molecule has 0 radical (unpaired) electrons. The van der Waals surface area contributed by atoms with E-state index < -0.39 is 16.4 Å². The van der Waals surface area contributed by atoms with Gasteiger partial charge in [0.25, 0.3) is 0 Å². The number of piperidine rings is 1. The number of carbonyl (C=O) groups is 1. The lowest BCUT2D eigenvalue weighted by Gasteiger charge is -2.38. The van der Waals surface area contributed by atoms with E-state index in [2.05, 4.69) is 39.9 Å². The zero-order chi connectivity index (χ0) is 25.8. The number of anilines is 2. The molecule has 1 amide bonds. The summed E-state index contributed by atoms with van der Waals surface area (Å²) in [5.74, 6) is 0.989. The standard InChI is InChI=1S/C25H30N8O3S/c1-3-36-22-16-26-15-19(29-22)17-4-7-21(28-14-17)31-23(34)25(9-12-33(2)13-10-25)20-8-11-27-24(30-20)32-37(35)18-5-6-18/h4,7-8,11,14-16,18H,3,5-6,9-10,12-13H2,1-2H3,(H,27,30,32)(H,28,31,34). The minimum atomic E-state index is -1.22. The number of nitrogens with one attached hydrogen (secondary N) is 2. The molecule has 2 aliphatic rings. The lowest BCUT2D eigenvalue weighted by molar-refractivity contribution is -0.123. The van der Waals surface area contributed by atoms with Crippen molar-refractivity contribution in [1.29, 1.82) is 0 Å². The van der Waals surface area contributed by atoms with E-state index in [1.807, 2.05) is 20.0 Å². The number of pyridine rings is 1. The van der Waals surface area contributed by atoms with E-state index >= 15 is 0 Å². The fourth-order valence-corrected chi connectivity index (χ4v) is 5.30. The number of hydrogen-bond acceptors (Lipinski definition) is 9. The van der Waals surface area contributed by atoms with Crippen LogP contribution in [0.5, 0.6) is 5.88 Å². The Balaban J connectivity index is 1.36. The average Bonchev–Trinajstić information content (AvgIpc) is 3.76. The summed E-state index contributed by atoms with van der Waals surface area (Å²) in [6, 6.07) is 5.36. The van der Waals surface area contributed by atoms with Crippen molar-refractivity contribution in [3.05, 3.63) is 48.7 Å². The van der Waals surface area contributed by atoms with Crippen LogP contribution in [0.3, 0.4) is 0 Å². The highest BCUT2D eigenvalue weighted by molar-refractivity contribution is 7.87. The van der Waals surface area contributed by atoms with Crippen LogP contribution in [-0.4, -0.2) is 71.9 Å². The van der Waals surface area contributed by atoms with Crippen molar-refractivity contribution in [3.63, 3.8) is 0 Å². The molecule has 2 N–H and O–H groups in total. The summed E-state index contributed by atoms with van der Waals surface area (Å²) in [4.78, 5) is 37.9.